The molecule has 2 N–H and O–H groups in total. The first-order valence-corrected chi connectivity index (χ1v) is 12.4. The number of nitrogens with zero attached hydrogens (tertiary/aromatic N) is 3. The van der Waals surface area contributed by atoms with E-state index in [4.69, 9.17) is 4.74 Å². The Balaban J connectivity index is 1.42. The number of ether oxygens (including phenoxy) is 1. The average Bonchev–Trinajstić information content (AvgIpc) is 2.99. The zero-order valence-electron chi connectivity index (χ0n) is 20.9. The van der Waals surface area contributed by atoms with Crippen molar-refractivity contribution >= 4 is 11.6 Å². The Labute approximate surface area is 210 Å². The molecule has 0 spiro atoms. The number of aryl methyl sites for hydroxylation is 1. The van der Waals surface area contributed by atoms with Gasteiger partial charge in [-0.1, -0.05) is 12.1 Å². The van der Waals surface area contributed by atoms with Gasteiger partial charge < -0.3 is 24.7 Å². The van der Waals surface area contributed by atoms with E-state index in [1.54, 1.807) is 36.1 Å². The monoisotopic (exact) mass is 503 g/mol. The zero-order valence-corrected chi connectivity index (χ0v) is 20.9. The van der Waals surface area contributed by atoms with E-state index < -0.39 is 11.2 Å². The first-order valence-electron chi connectivity index (χ1n) is 12.4. The molecule has 4 rings (SSSR count). The van der Waals surface area contributed by atoms with Crippen LogP contribution in [0.4, 0.5) is 14.5 Å². The molecule has 196 valence electrons. The molecule has 0 saturated carbocycles. The van der Waals surface area contributed by atoms with Crippen LogP contribution in [0, 0.1) is 18.6 Å². The highest BCUT2D eigenvalue weighted by molar-refractivity contribution is 5.73. The van der Waals surface area contributed by atoms with Crippen LogP contribution in [0.3, 0.4) is 0 Å². The van der Waals surface area contributed by atoms with Gasteiger partial charge in [0.05, 0.1) is 17.8 Å². The van der Waals surface area contributed by atoms with Crippen LogP contribution >= 0.6 is 0 Å². The highest BCUT2D eigenvalue weighted by Gasteiger charge is 2.41. The molecule has 0 aromatic heterocycles. The fourth-order valence-corrected chi connectivity index (χ4v) is 5.11. The predicted octanol–water partition coefficient (Wildman–Crippen LogP) is 2.58. The average molecular weight is 504 g/mol. The number of amides is 1. The molecule has 1 atom stereocenters. The molecule has 0 unspecified atom stereocenters. The molecular formula is C27H35F2N3O4. The third-order valence-corrected chi connectivity index (χ3v) is 7.18. The molecular weight excluding hydrogens is 468 g/mol. The second-order valence-corrected chi connectivity index (χ2v) is 10.2. The van der Waals surface area contributed by atoms with Crippen molar-refractivity contribution in [3.05, 3.63) is 59.7 Å². The summed E-state index contributed by atoms with van der Waals surface area (Å²) in [6.45, 7) is 5.59. The van der Waals surface area contributed by atoms with E-state index in [-0.39, 0.29) is 37.2 Å². The Morgan fingerprint density at radius 1 is 0.972 bits per heavy atom. The number of hydrogen-bond acceptors (Lipinski definition) is 6. The van der Waals surface area contributed by atoms with Gasteiger partial charge in [-0.15, -0.1) is 0 Å². The minimum Gasteiger partial charge on any atom is -0.490 e. The molecule has 7 nitrogen and oxygen atoms in total. The van der Waals surface area contributed by atoms with Crippen molar-refractivity contribution in [1.29, 1.82) is 0 Å². The molecule has 36 heavy (non-hydrogen) atoms. The normalized spacial score (nSPS) is 22.8. The van der Waals surface area contributed by atoms with Gasteiger partial charge in [0.25, 0.3) is 0 Å². The number of carbonyl (C=O) groups excluding carboxylic acids is 1. The Kier molecular flexibility index (Phi) is 7.82. The molecule has 1 amide bonds. The minimum atomic E-state index is -1.38. The summed E-state index contributed by atoms with van der Waals surface area (Å²) in [6.07, 6.45) is 0.913. The predicted molar refractivity (Wildman–Crippen MR) is 133 cm³/mol. The topological polar surface area (TPSA) is 76.5 Å². The Morgan fingerprint density at radius 2 is 1.69 bits per heavy atom. The second kappa shape index (κ2) is 10.7. The molecule has 0 aliphatic carbocycles. The molecule has 2 saturated heterocycles. The van der Waals surface area contributed by atoms with Gasteiger partial charge in [-0.3, -0.25) is 9.69 Å². The van der Waals surface area contributed by atoms with Crippen molar-refractivity contribution in [1.82, 2.24) is 9.80 Å². The lowest BCUT2D eigenvalue weighted by Crippen LogP contribution is -2.56. The highest BCUT2D eigenvalue weighted by Crippen LogP contribution is 2.30. The fraction of sp³-hybridized carbons (Fsp3) is 0.519. The smallest absolute Gasteiger partial charge is 0.219 e. The molecule has 2 fully saturated rings. The van der Waals surface area contributed by atoms with Crippen LogP contribution < -0.4 is 9.64 Å². The lowest BCUT2D eigenvalue weighted by molar-refractivity contribution is -0.132. The molecule has 0 radical (unpaired) electrons. The van der Waals surface area contributed by atoms with E-state index in [0.29, 0.717) is 62.6 Å². The number of para-hydroxylation sites is 1. The molecule has 2 aromatic carbocycles. The van der Waals surface area contributed by atoms with E-state index in [2.05, 4.69) is 0 Å². The molecule has 2 aliphatic rings. The van der Waals surface area contributed by atoms with Gasteiger partial charge in [-0.05, 0) is 55.7 Å². The van der Waals surface area contributed by atoms with Gasteiger partial charge >= 0.3 is 0 Å². The first kappa shape index (κ1) is 26.3. The van der Waals surface area contributed by atoms with Crippen molar-refractivity contribution in [2.45, 2.75) is 37.9 Å². The van der Waals surface area contributed by atoms with Crippen LogP contribution in [0.15, 0.2) is 42.5 Å². The summed E-state index contributed by atoms with van der Waals surface area (Å²) in [7, 11) is 0. The van der Waals surface area contributed by atoms with Crippen molar-refractivity contribution in [3.63, 3.8) is 0 Å². The van der Waals surface area contributed by atoms with Gasteiger partial charge in [0.2, 0.25) is 5.91 Å². The number of piperidine rings is 1. The molecule has 2 aliphatic heterocycles. The largest absolute Gasteiger partial charge is 0.490 e. The van der Waals surface area contributed by atoms with E-state index in [0.717, 1.165) is 0 Å². The number of β-amino-alcohol motifs (C(OH)–C–C–N with tert-alkyl or cyclic N) is 2. The molecule has 9 heteroatoms. The second-order valence-electron chi connectivity index (χ2n) is 10.2. The van der Waals surface area contributed by atoms with E-state index in [1.807, 2.05) is 9.80 Å². The number of benzene rings is 2. The molecule has 2 aromatic rings. The van der Waals surface area contributed by atoms with Crippen molar-refractivity contribution < 1.29 is 28.5 Å². The summed E-state index contributed by atoms with van der Waals surface area (Å²) in [5.41, 5.74) is -1.40. The quantitative estimate of drug-likeness (QED) is 0.631. The third kappa shape index (κ3) is 6.32. The Morgan fingerprint density at radius 3 is 2.36 bits per heavy atom. The van der Waals surface area contributed by atoms with Gasteiger partial charge in [0, 0.05) is 46.2 Å². The summed E-state index contributed by atoms with van der Waals surface area (Å²) >= 11 is 0. The summed E-state index contributed by atoms with van der Waals surface area (Å²) < 4.78 is 33.6. The number of anilines is 1. The minimum absolute atomic E-state index is 0.0855. The lowest BCUT2D eigenvalue weighted by Gasteiger charge is -2.42. The number of hydrogen-bond donors (Lipinski definition) is 2. The summed E-state index contributed by atoms with van der Waals surface area (Å²) in [5, 5.41) is 22.9. The number of carbonyl (C=O) groups is 1. The maximum Gasteiger partial charge on any atom is 0.219 e. The summed E-state index contributed by atoms with van der Waals surface area (Å²) in [5.74, 6) is -0.323. The molecule has 2 heterocycles. The number of rotatable bonds is 6. The third-order valence-electron chi connectivity index (χ3n) is 7.18. The van der Waals surface area contributed by atoms with Gasteiger partial charge in [-0.25, -0.2) is 8.78 Å². The van der Waals surface area contributed by atoms with Gasteiger partial charge in [0.15, 0.2) is 0 Å². The standard InChI is InChI=1S/C27H35F2N3O4/c1-20-15-22(7-8-23(20)28)36-19-27(35)17-30(13-14-32(18-27)21(2)33)16-26(34)9-11-31(12-10-26)25-6-4-3-5-24(25)29/h3-8,15,34-35H,9-14,16-19H2,1-2H3/t27-/m1/s1. The van der Waals surface area contributed by atoms with Crippen LogP contribution in [-0.4, -0.2) is 89.5 Å². The van der Waals surface area contributed by atoms with Crippen LogP contribution in [0.2, 0.25) is 0 Å². The first-order chi connectivity index (χ1) is 17.1. The fourth-order valence-electron chi connectivity index (χ4n) is 5.11. The highest BCUT2D eigenvalue weighted by atomic mass is 19.1. The van der Waals surface area contributed by atoms with Crippen molar-refractivity contribution in [2.24, 2.45) is 0 Å². The van der Waals surface area contributed by atoms with Crippen LogP contribution in [-0.2, 0) is 4.79 Å². The maximum atomic E-state index is 14.2. The lowest BCUT2D eigenvalue weighted by atomic mass is 9.90. The van der Waals surface area contributed by atoms with E-state index in [1.165, 1.54) is 25.1 Å². The van der Waals surface area contributed by atoms with Gasteiger partial charge in [-0.2, -0.15) is 0 Å². The summed E-state index contributed by atoms with van der Waals surface area (Å²) in [4.78, 5) is 17.7. The Hall–Kier alpha value is -2.75. The van der Waals surface area contributed by atoms with E-state index in [9.17, 15) is 23.8 Å². The zero-order chi connectivity index (χ0) is 25.9. The Bertz CT molecular complexity index is 1080. The SMILES string of the molecule is CC(=O)N1CCN(CC2(O)CCN(c3ccccc3F)CC2)C[C@](O)(COc2ccc(F)c(C)c2)C1. The van der Waals surface area contributed by atoms with Crippen LogP contribution in [0.5, 0.6) is 5.75 Å². The summed E-state index contributed by atoms with van der Waals surface area (Å²) in [6, 6.07) is 11.0. The van der Waals surface area contributed by atoms with Gasteiger partial charge in [0.1, 0.15) is 29.6 Å². The van der Waals surface area contributed by atoms with Crippen LogP contribution in [0.25, 0.3) is 0 Å². The van der Waals surface area contributed by atoms with Crippen LogP contribution in [0.1, 0.15) is 25.3 Å². The van der Waals surface area contributed by atoms with Crippen molar-refractivity contribution in [3.8, 4) is 5.75 Å². The van der Waals surface area contributed by atoms with E-state index >= 15 is 0 Å². The number of aliphatic hydroxyl groups is 2. The van der Waals surface area contributed by atoms with Crippen molar-refractivity contribution in [2.75, 3.05) is 57.3 Å². The number of halogens is 2. The maximum absolute atomic E-state index is 14.2. The molecule has 0 bridgehead atoms.